The fraction of sp³-hybridized carbons (Fsp3) is 0.818. The molecule has 1 saturated heterocycles. The molecule has 16 heavy (non-hydrogen) atoms. The number of carbonyl (C=O) groups excluding carboxylic acids is 2. The molecule has 1 heterocycles. The summed E-state index contributed by atoms with van der Waals surface area (Å²) in [6.07, 6.45) is 2.02. The predicted molar refractivity (Wildman–Crippen MR) is 62.0 cm³/mol. The van der Waals surface area contributed by atoms with Gasteiger partial charge in [0.15, 0.2) is 4.93 Å². The number of hydrogen-bond acceptors (Lipinski definition) is 5. The second kappa shape index (κ2) is 5.57. The molecule has 0 spiro atoms. The number of hydrogen-bond donors (Lipinski definition) is 0. The highest BCUT2D eigenvalue weighted by Gasteiger charge is 2.39. The van der Waals surface area contributed by atoms with Crippen LogP contribution in [0.1, 0.15) is 40.0 Å². The number of esters is 2. The summed E-state index contributed by atoms with van der Waals surface area (Å²) in [7, 11) is 0. The first kappa shape index (κ1) is 13.4. The molecule has 0 radical (unpaired) electrons. The van der Waals surface area contributed by atoms with E-state index in [-0.39, 0.29) is 18.0 Å². The SMILES string of the molecule is CCC1(OC(C)=O)CC(OC(C)=O)CCS1. The van der Waals surface area contributed by atoms with E-state index in [2.05, 4.69) is 0 Å². The van der Waals surface area contributed by atoms with Crippen LogP contribution >= 0.6 is 11.8 Å². The molecule has 1 aliphatic rings. The molecule has 1 fully saturated rings. The number of rotatable bonds is 3. The molecular weight excluding hydrogens is 228 g/mol. The van der Waals surface area contributed by atoms with Crippen molar-refractivity contribution in [2.75, 3.05) is 5.75 Å². The van der Waals surface area contributed by atoms with Crippen LogP contribution in [0, 0.1) is 0 Å². The molecule has 0 amide bonds. The molecule has 2 unspecified atom stereocenters. The molecule has 5 heteroatoms. The maximum atomic E-state index is 11.1. The first-order valence-corrected chi connectivity index (χ1v) is 6.47. The molecule has 0 saturated carbocycles. The van der Waals surface area contributed by atoms with Crippen molar-refractivity contribution in [3.05, 3.63) is 0 Å². The summed E-state index contributed by atoms with van der Waals surface area (Å²) in [5.41, 5.74) is 0. The van der Waals surface area contributed by atoms with Gasteiger partial charge in [0.2, 0.25) is 0 Å². The topological polar surface area (TPSA) is 52.6 Å². The lowest BCUT2D eigenvalue weighted by molar-refractivity contribution is -0.156. The standard InChI is InChI=1S/C11H18O4S/c1-4-11(15-9(3)13)7-10(5-6-16-11)14-8(2)12/h10H,4-7H2,1-3H3. The number of ether oxygens (including phenoxy) is 2. The molecule has 1 rings (SSSR count). The van der Waals surface area contributed by atoms with Crippen molar-refractivity contribution in [2.45, 2.75) is 51.1 Å². The molecule has 2 atom stereocenters. The van der Waals surface area contributed by atoms with Crippen LogP contribution in [-0.4, -0.2) is 28.7 Å². The van der Waals surface area contributed by atoms with Gasteiger partial charge >= 0.3 is 11.9 Å². The number of thioether (sulfide) groups is 1. The lowest BCUT2D eigenvalue weighted by atomic mass is 10.1. The predicted octanol–water partition coefficient (Wildman–Crippen LogP) is 2.11. The normalized spacial score (nSPS) is 29.6. The maximum Gasteiger partial charge on any atom is 0.304 e. The zero-order valence-electron chi connectivity index (χ0n) is 9.95. The summed E-state index contributed by atoms with van der Waals surface area (Å²) >= 11 is 1.64. The van der Waals surface area contributed by atoms with Crippen LogP contribution in [0.25, 0.3) is 0 Å². The van der Waals surface area contributed by atoms with E-state index in [0.717, 1.165) is 18.6 Å². The number of carbonyl (C=O) groups is 2. The zero-order valence-corrected chi connectivity index (χ0v) is 10.8. The van der Waals surface area contributed by atoms with E-state index in [0.29, 0.717) is 6.42 Å². The van der Waals surface area contributed by atoms with Gasteiger partial charge in [-0.15, -0.1) is 11.8 Å². The van der Waals surface area contributed by atoms with Crippen LogP contribution in [0.15, 0.2) is 0 Å². The Kier molecular flexibility index (Phi) is 4.65. The van der Waals surface area contributed by atoms with Crippen LogP contribution in [0.4, 0.5) is 0 Å². The Morgan fingerprint density at radius 2 is 2.06 bits per heavy atom. The highest BCUT2D eigenvalue weighted by atomic mass is 32.2. The average molecular weight is 246 g/mol. The summed E-state index contributed by atoms with van der Waals surface area (Å²) in [6.45, 7) is 4.79. The van der Waals surface area contributed by atoms with Crippen LogP contribution in [0.5, 0.6) is 0 Å². The Balaban J connectivity index is 2.64. The third-order valence-electron chi connectivity index (χ3n) is 2.54. The van der Waals surface area contributed by atoms with Crippen molar-refractivity contribution in [3.8, 4) is 0 Å². The van der Waals surface area contributed by atoms with E-state index >= 15 is 0 Å². The minimum atomic E-state index is -0.510. The van der Waals surface area contributed by atoms with Gasteiger partial charge in [0, 0.05) is 26.0 Å². The highest BCUT2D eigenvalue weighted by molar-refractivity contribution is 8.00. The summed E-state index contributed by atoms with van der Waals surface area (Å²) in [5, 5.41) is 0. The van der Waals surface area contributed by atoms with Gasteiger partial charge in [0.1, 0.15) is 6.10 Å². The van der Waals surface area contributed by atoms with Gasteiger partial charge in [-0.05, 0) is 12.8 Å². The van der Waals surface area contributed by atoms with Gasteiger partial charge in [-0.25, -0.2) is 0 Å². The Hall–Kier alpha value is -0.710. The average Bonchev–Trinajstić information content (AvgIpc) is 2.16. The second-order valence-corrected chi connectivity index (χ2v) is 5.37. The smallest absolute Gasteiger partial charge is 0.304 e. The van der Waals surface area contributed by atoms with Gasteiger partial charge in [-0.2, -0.15) is 0 Å². The van der Waals surface area contributed by atoms with E-state index in [1.807, 2.05) is 6.92 Å². The lowest BCUT2D eigenvalue weighted by Gasteiger charge is -2.38. The van der Waals surface area contributed by atoms with Gasteiger partial charge < -0.3 is 9.47 Å². The van der Waals surface area contributed by atoms with E-state index < -0.39 is 4.93 Å². The molecular formula is C11H18O4S. The molecule has 0 aromatic rings. The van der Waals surface area contributed by atoms with Crippen molar-refractivity contribution in [3.63, 3.8) is 0 Å². The highest BCUT2D eigenvalue weighted by Crippen LogP contribution is 2.41. The Morgan fingerprint density at radius 3 is 2.56 bits per heavy atom. The van der Waals surface area contributed by atoms with Gasteiger partial charge in [-0.1, -0.05) is 6.92 Å². The summed E-state index contributed by atoms with van der Waals surface area (Å²) in [4.78, 5) is 21.4. The van der Waals surface area contributed by atoms with E-state index in [9.17, 15) is 9.59 Å². The first-order chi connectivity index (χ1) is 7.47. The van der Waals surface area contributed by atoms with Crippen LogP contribution in [0.2, 0.25) is 0 Å². The van der Waals surface area contributed by atoms with Crippen molar-refractivity contribution in [2.24, 2.45) is 0 Å². The minimum Gasteiger partial charge on any atom is -0.462 e. The van der Waals surface area contributed by atoms with E-state index in [1.165, 1.54) is 13.8 Å². The molecule has 0 aliphatic carbocycles. The quantitative estimate of drug-likeness (QED) is 0.714. The molecule has 0 aromatic heterocycles. The van der Waals surface area contributed by atoms with E-state index in [1.54, 1.807) is 11.8 Å². The third kappa shape index (κ3) is 3.70. The molecule has 92 valence electrons. The minimum absolute atomic E-state index is 0.127. The van der Waals surface area contributed by atoms with Gasteiger partial charge in [0.05, 0.1) is 0 Å². The Labute approximate surface area is 100 Å². The summed E-state index contributed by atoms with van der Waals surface area (Å²) in [6, 6.07) is 0. The maximum absolute atomic E-state index is 11.1. The molecule has 0 aromatic carbocycles. The fourth-order valence-corrected chi connectivity index (χ4v) is 3.31. The first-order valence-electron chi connectivity index (χ1n) is 5.48. The monoisotopic (exact) mass is 246 g/mol. The van der Waals surface area contributed by atoms with Crippen molar-refractivity contribution < 1.29 is 19.1 Å². The van der Waals surface area contributed by atoms with Crippen molar-refractivity contribution >= 4 is 23.7 Å². The lowest BCUT2D eigenvalue weighted by Crippen LogP contribution is -2.40. The zero-order chi connectivity index (χ0) is 12.2. The van der Waals surface area contributed by atoms with Crippen molar-refractivity contribution in [1.29, 1.82) is 0 Å². The largest absolute Gasteiger partial charge is 0.462 e. The van der Waals surface area contributed by atoms with E-state index in [4.69, 9.17) is 9.47 Å². The third-order valence-corrected chi connectivity index (χ3v) is 4.05. The molecule has 1 aliphatic heterocycles. The Bertz CT molecular complexity index is 279. The van der Waals surface area contributed by atoms with Crippen LogP contribution < -0.4 is 0 Å². The summed E-state index contributed by atoms with van der Waals surface area (Å²) < 4.78 is 10.6. The van der Waals surface area contributed by atoms with Crippen LogP contribution in [0.3, 0.4) is 0 Å². The van der Waals surface area contributed by atoms with Gasteiger partial charge in [0.25, 0.3) is 0 Å². The van der Waals surface area contributed by atoms with Gasteiger partial charge in [-0.3, -0.25) is 9.59 Å². The molecule has 0 N–H and O–H groups in total. The fourth-order valence-electron chi connectivity index (χ4n) is 1.87. The second-order valence-electron chi connectivity index (χ2n) is 3.93. The Morgan fingerprint density at radius 1 is 1.38 bits per heavy atom. The van der Waals surface area contributed by atoms with Crippen molar-refractivity contribution in [1.82, 2.24) is 0 Å². The molecule has 0 bridgehead atoms. The molecule has 4 nitrogen and oxygen atoms in total. The summed E-state index contributed by atoms with van der Waals surface area (Å²) in [5.74, 6) is 0.293. The van der Waals surface area contributed by atoms with Crippen LogP contribution in [-0.2, 0) is 19.1 Å².